The Kier molecular flexibility index (Phi) is 6.55. The van der Waals surface area contributed by atoms with Gasteiger partial charge in [-0.25, -0.2) is 0 Å². The monoisotopic (exact) mass is 410 g/mol. The maximum Gasteiger partial charge on any atom is 0.166 e. The van der Waals surface area contributed by atoms with Crippen LogP contribution in [-0.2, 0) is 4.79 Å². The lowest BCUT2D eigenvalue weighted by Gasteiger charge is -2.39. The number of hydrogen-bond donors (Lipinski definition) is 2. The van der Waals surface area contributed by atoms with Crippen molar-refractivity contribution in [3.05, 3.63) is 59.7 Å². The molecule has 0 saturated heterocycles. The third-order valence-electron chi connectivity index (χ3n) is 6.43. The van der Waals surface area contributed by atoms with E-state index in [-0.39, 0.29) is 28.8 Å². The Balaban J connectivity index is 2.27. The highest BCUT2D eigenvalue weighted by Gasteiger charge is 2.48. The minimum Gasteiger partial charge on any atom is -0.508 e. The Morgan fingerprint density at radius 3 is 1.17 bits per heavy atom. The molecular formula is C25H30O5. The number of aromatic hydroxyl groups is 2. The summed E-state index contributed by atoms with van der Waals surface area (Å²) in [5.74, 6) is -1.67. The Labute approximate surface area is 177 Å². The molecule has 0 heterocycles. The van der Waals surface area contributed by atoms with Crippen LogP contribution in [0.2, 0.25) is 0 Å². The van der Waals surface area contributed by atoms with Crippen LogP contribution < -0.4 is 0 Å². The lowest BCUT2D eigenvalue weighted by molar-refractivity contribution is -0.139. The van der Waals surface area contributed by atoms with E-state index < -0.39 is 22.7 Å². The van der Waals surface area contributed by atoms with E-state index in [4.69, 9.17) is 0 Å². The summed E-state index contributed by atoms with van der Waals surface area (Å²) in [5, 5.41) is 18.9. The Morgan fingerprint density at radius 2 is 0.900 bits per heavy atom. The highest BCUT2D eigenvalue weighted by atomic mass is 16.3. The highest BCUT2D eigenvalue weighted by Crippen LogP contribution is 2.42. The average Bonchev–Trinajstić information content (AvgIpc) is 2.71. The molecule has 2 rings (SSSR count). The molecule has 5 nitrogen and oxygen atoms in total. The van der Waals surface area contributed by atoms with E-state index in [9.17, 15) is 24.6 Å². The number of Topliss-reactive ketones (excluding diaryl/α,β-unsaturated/α-hetero) is 3. The first-order valence-corrected chi connectivity index (χ1v) is 10.0. The summed E-state index contributed by atoms with van der Waals surface area (Å²) in [6, 6.07) is 11.9. The van der Waals surface area contributed by atoms with Crippen LogP contribution in [0.15, 0.2) is 48.5 Å². The van der Waals surface area contributed by atoms with E-state index in [0.717, 1.165) is 0 Å². The molecule has 0 bridgehead atoms. The summed E-state index contributed by atoms with van der Waals surface area (Å²) in [5.41, 5.74) is -1.18. The molecule has 2 atom stereocenters. The fraction of sp³-hybridized carbons (Fsp3) is 0.400. The van der Waals surface area contributed by atoms with Crippen molar-refractivity contribution in [2.45, 2.75) is 41.5 Å². The number of phenolic OH excluding ortho intramolecular Hbond substituents is 2. The van der Waals surface area contributed by atoms with E-state index in [1.807, 2.05) is 0 Å². The molecule has 5 heteroatoms. The summed E-state index contributed by atoms with van der Waals surface area (Å²) in [7, 11) is 0. The summed E-state index contributed by atoms with van der Waals surface area (Å²) in [6.07, 6.45) is 0. The maximum absolute atomic E-state index is 13.6. The largest absolute Gasteiger partial charge is 0.508 e. The number of rotatable bonds is 8. The molecule has 0 fully saturated rings. The van der Waals surface area contributed by atoms with Gasteiger partial charge in [0.1, 0.15) is 17.3 Å². The molecule has 2 aromatic carbocycles. The van der Waals surface area contributed by atoms with Crippen LogP contribution in [0.4, 0.5) is 0 Å². The first kappa shape index (κ1) is 23.3. The van der Waals surface area contributed by atoms with Crippen LogP contribution in [0.1, 0.15) is 62.3 Å². The molecule has 0 saturated carbocycles. The zero-order valence-corrected chi connectivity index (χ0v) is 18.4. The van der Waals surface area contributed by atoms with Gasteiger partial charge in [-0.2, -0.15) is 0 Å². The van der Waals surface area contributed by atoms with Gasteiger partial charge in [-0.1, -0.05) is 41.5 Å². The van der Waals surface area contributed by atoms with Gasteiger partial charge in [0, 0.05) is 33.8 Å². The molecule has 0 aliphatic heterocycles. The topological polar surface area (TPSA) is 91.7 Å². The second-order valence-corrected chi connectivity index (χ2v) is 9.04. The predicted molar refractivity (Wildman–Crippen MR) is 116 cm³/mol. The Hall–Kier alpha value is -2.95. The molecule has 160 valence electrons. The van der Waals surface area contributed by atoms with E-state index in [0.29, 0.717) is 11.1 Å². The molecule has 0 spiro atoms. The number of carbonyl (C=O) groups is 3. The van der Waals surface area contributed by atoms with Crippen LogP contribution in [0.25, 0.3) is 0 Å². The molecule has 0 aliphatic rings. The normalized spacial score (nSPS) is 14.1. The summed E-state index contributed by atoms with van der Waals surface area (Å²) < 4.78 is 0. The van der Waals surface area contributed by atoms with Crippen molar-refractivity contribution in [1.82, 2.24) is 0 Å². The van der Waals surface area contributed by atoms with E-state index in [1.165, 1.54) is 48.5 Å². The van der Waals surface area contributed by atoms with Gasteiger partial charge < -0.3 is 10.2 Å². The minimum atomic E-state index is -1.01. The van der Waals surface area contributed by atoms with Crippen LogP contribution >= 0.6 is 0 Å². The molecule has 30 heavy (non-hydrogen) atoms. The lowest BCUT2D eigenvalue weighted by atomic mass is 9.61. The minimum absolute atomic E-state index is 0.0669. The van der Waals surface area contributed by atoms with Crippen molar-refractivity contribution in [2.24, 2.45) is 22.7 Å². The summed E-state index contributed by atoms with van der Waals surface area (Å²) in [6.45, 7) is 10.4. The second-order valence-electron chi connectivity index (χ2n) is 9.04. The zero-order chi connectivity index (χ0) is 22.9. The predicted octanol–water partition coefficient (Wildman–Crippen LogP) is 5.06. The van der Waals surface area contributed by atoms with E-state index in [1.54, 1.807) is 41.5 Å². The SMILES string of the molecule is CC(C(=O)c1ccc(O)cc1)C(C)(C)C(=O)C(C)(C)C(C)C(=O)c1ccc(O)cc1. The van der Waals surface area contributed by atoms with Gasteiger partial charge >= 0.3 is 0 Å². The van der Waals surface area contributed by atoms with Gasteiger partial charge in [-0.15, -0.1) is 0 Å². The molecule has 2 unspecified atom stereocenters. The van der Waals surface area contributed by atoms with Gasteiger partial charge in [0.25, 0.3) is 0 Å². The van der Waals surface area contributed by atoms with Gasteiger partial charge in [0.05, 0.1) is 0 Å². The number of phenols is 2. The number of ketones is 3. The van der Waals surface area contributed by atoms with Crippen molar-refractivity contribution in [3.8, 4) is 11.5 Å². The molecule has 0 radical (unpaired) electrons. The van der Waals surface area contributed by atoms with Crippen molar-refractivity contribution in [1.29, 1.82) is 0 Å². The van der Waals surface area contributed by atoms with E-state index >= 15 is 0 Å². The Bertz CT molecular complexity index is 859. The first-order valence-electron chi connectivity index (χ1n) is 10.0. The smallest absolute Gasteiger partial charge is 0.166 e. The third kappa shape index (κ3) is 4.45. The van der Waals surface area contributed by atoms with Crippen LogP contribution in [0, 0.1) is 22.7 Å². The van der Waals surface area contributed by atoms with Crippen molar-refractivity contribution < 1.29 is 24.6 Å². The fourth-order valence-corrected chi connectivity index (χ4v) is 3.63. The van der Waals surface area contributed by atoms with Gasteiger partial charge in [-0.3, -0.25) is 14.4 Å². The van der Waals surface area contributed by atoms with Crippen LogP contribution in [-0.4, -0.2) is 27.6 Å². The highest BCUT2D eigenvalue weighted by molar-refractivity contribution is 6.05. The number of benzene rings is 2. The average molecular weight is 411 g/mol. The second kappa shape index (κ2) is 8.42. The Morgan fingerprint density at radius 1 is 0.633 bits per heavy atom. The van der Waals surface area contributed by atoms with Crippen molar-refractivity contribution in [2.75, 3.05) is 0 Å². The molecule has 0 amide bonds. The summed E-state index contributed by atoms with van der Waals surface area (Å²) >= 11 is 0. The molecule has 0 aliphatic carbocycles. The first-order chi connectivity index (χ1) is 13.8. The van der Waals surface area contributed by atoms with Crippen LogP contribution in [0.5, 0.6) is 11.5 Å². The number of carbonyl (C=O) groups excluding carboxylic acids is 3. The molecular weight excluding hydrogens is 380 g/mol. The molecule has 0 aromatic heterocycles. The molecule has 2 N–H and O–H groups in total. The van der Waals surface area contributed by atoms with Crippen LogP contribution in [0.3, 0.4) is 0 Å². The fourth-order valence-electron chi connectivity index (χ4n) is 3.63. The zero-order valence-electron chi connectivity index (χ0n) is 18.4. The summed E-state index contributed by atoms with van der Waals surface area (Å²) in [4.78, 5) is 39.5. The molecule has 2 aromatic rings. The maximum atomic E-state index is 13.6. The van der Waals surface area contributed by atoms with Gasteiger partial charge in [0.2, 0.25) is 0 Å². The quantitative estimate of drug-likeness (QED) is 0.594. The third-order valence-corrected chi connectivity index (χ3v) is 6.43. The number of hydrogen-bond acceptors (Lipinski definition) is 5. The standard InChI is InChI=1S/C25H30O5/c1-15(21(28)17-7-11-19(26)12-8-17)24(3,4)23(30)25(5,6)16(2)22(29)18-9-13-20(27)14-10-18/h7-16,26-27H,1-6H3. The van der Waals surface area contributed by atoms with E-state index in [2.05, 4.69) is 0 Å². The van der Waals surface area contributed by atoms with Gasteiger partial charge in [-0.05, 0) is 48.5 Å². The van der Waals surface area contributed by atoms with Gasteiger partial charge in [0.15, 0.2) is 11.6 Å². The van der Waals surface area contributed by atoms with Crippen molar-refractivity contribution >= 4 is 17.3 Å². The van der Waals surface area contributed by atoms with Crippen molar-refractivity contribution in [3.63, 3.8) is 0 Å². The lowest BCUT2D eigenvalue weighted by Crippen LogP contribution is -2.47.